The SMILES string of the molecule is Cc1c(-c2ccncc2)ccnc1C(N)=O. The molecule has 2 aromatic heterocycles. The second kappa shape index (κ2) is 4.10. The van der Waals surface area contributed by atoms with Crippen molar-refractivity contribution in [2.24, 2.45) is 5.73 Å². The first-order chi connectivity index (χ1) is 7.70. The molecule has 0 saturated heterocycles. The van der Waals surface area contributed by atoms with E-state index in [1.54, 1.807) is 18.6 Å². The number of amides is 1. The van der Waals surface area contributed by atoms with Crippen LogP contribution in [0.4, 0.5) is 0 Å². The van der Waals surface area contributed by atoms with E-state index in [9.17, 15) is 4.79 Å². The molecule has 0 radical (unpaired) electrons. The zero-order valence-corrected chi connectivity index (χ0v) is 8.84. The zero-order valence-electron chi connectivity index (χ0n) is 8.84. The number of rotatable bonds is 2. The number of pyridine rings is 2. The Balaban J connectivity index is 2.59. The van der Waals surface area contributed by atoms with Crippen molar-refractivity contribution in [1.82, 2.24) is 9.97 Å². The summed E-state index contributed by atoms with van der Waals surface area (Å²) in [7, 11) is 0. The average Bonchev–Trinajstić information content (AvgIpc) is 2.30. The molecule has 0 aliphatic rings. The lowest BCUT2D eigenvalue weighted by molar-refractivity contribution is 0.0995. The molecule has 0 aliphatic heterocycles. The summed E-state index contributed by atoms with van der Waals surface area (Å²) in [6.45, 7) is 1.84. The van der Waals surface area contributed by atoms with Crippen LogP contribution in [0.1, 0.15) is 16.1 Å². The summed E-state index contributed by atoms with van der Waals surface area (Å²) >= 11 is 0. The Morgan fingerprint density at radius 1 is 1.19 bits per heavy atom. The van der Waals surface area contributed by atoms with Crippen molar-refractivity contribution in [3.8, 4) is 11.1 Å². The number of hydrogen-bond donors (Lipinski definition) is 1. The van der Waals surface area contributed by atoms with Gasteiger partial charge in [-0.25, -0.2) is 0 Å². The van der Waals surface area contributed by atoms with Crippen LogP contribution in [0.5, 0.6) is 0 Å². The van der Waals surface area contributed by atoms with Crippen molar-refractivity contribution >= 4 is 5.91 Å². The number of nitrogens with two attached hydrogens (primary N) is 1. The maximum Gasteiger partial charge on any atom is 0.267 e. The first-order valence-corrected chi connectivity index (χ1v) is 4.86. The van der Waals surface area contributed by atoms with Crippen molar-refractivity contribution in [1.29, 1.82) is 0 Å². The Morgan fingerprint density at radius 2 is 1.88 bits per heavy atom. The minimum absolute atomic E-state index is 0.314. The Bertz CT molecular complexity index is 523. The second-order valence-electron chi connectivity index (χ2n) is 3.43. The lowest BCUT2D eigenvalue weighted by atomic mass is 10.0. The highest BCUT2D eigenvalue weighted by Crippen LogP contribution is 2.23. The molecule has 0 bridgehead atoms. The van der Waals surface area contributed by atoms with Crippen molar-refractivity contribution in [2.75, 3.05) is 0 Å². The monoisotopic (exact) mass is 213 g/mol. The van der Waals surface area contributed by atoms with Crippen molar-refractivity contribution in [3.63, 3.8) is 0 Å². The van der Waals surface area contributed by atoms with Gasteiger partial charge in [0.05, 0.1) is 0 Å². The van der Waals surface area contributed by atoms with E-state index in [4.69, 9.17) is 5.73 Å². The number of primary amides is 1. The van der Waals surface area contributed by atoms with E-state index in [2.05, 4.69) is 9.97 Å². The van der Waals surface area contributed by atoms with Gasteiger partial charge in [-0.2, -0.15) is 0 Å². The lowest BCUT2D eigenvalue weighted by Crippen LogP contribution is -2.15. The number of nitrogens with zero attached hydrogens (tertiary/aromatic N) is 2. The molecule has 1 amide bonds. The lowest BCUT2D eigenvalue weighted by Gasteiger charge is -2.07. The fourth-order valence-electron chi connectivity index (χ4n) is 1.63. The van der Waals surface area contributed by atoms with Crippen LogP contribution in [-0.4, -0.2) is 15.9 Å². The van der Waals surface area contributed by atoms with Gasteiger partial charge in [-0.1, -0.05) is 0 Å². The third-order valence-corrected chi connectivity index (χ3v) is 2.43. The average molecular weight is 213 g/mol. The zero-order chi connectivity index (χ0) is 11.5. The van der Waals surface area contributed by atoms with Gasteiger partial charge in [0.1, 0.15) is 5.69 Å². The molecule has 16 heavy (non-hydrogen) atoms. The van der Waals surface area contributed by atoms with Gasteiger partial charge in [0.2, 0.25) is 0 Å². The highest BCUT2D eigenvalue weighted by atomic mass is 16.1. The van der Waals surface area contributed by atoms with Gasteiger partial charge in [-0.3, -0.25) is 14.8 Å². The van der Waals surface area contributed by atoms with Crippen molar-refractivity contribution in [2.45, 2.75) is 6.92 Å². The molecular weight excluding hydrogens is 202 g/mol. The van der Waals surface area contributed by atoms with E-state index >= 15 is 0 Å². The minimum atomic E-state index is -0.506. The summed E-state index contributed by atoms with van der Waals surface area (Å²) in [6, 6.07) is 5.62. The summed E-state index contributed by atoms with van der Waals surface area (Å²) < 4.78 is 0. The van der Waals surface area contributed by atoms with Crippen LogP contribution in [0.25, 0.3) is 11.1 Å². The Labute approximate surface area is 93.2 Å². The molecule has 4 heteroatoms. The van der Waals surface area contributed by atoms with Gasteiger partial charge in [0, 0.05) is 18.6 Å². The van der Waals surface area contributed by atoms with Crippen molar-refractivity contribution in [3.05, 3.63) is 48.0 Å². The van der Waals surface area contributed by atoms with Crippen LogP contribution in [0.3, 0.4) is 0 Å². The summed E-state index contributed by atoms with van der Waals surface area (Å²) in [4.78, 5) is 19.1. The van der Waals surface area contributed by atoms with E-state index in [0.717, 1.165) is 16.7 Å². The molecule has 4 nitrogen and oxygen atoms in total. The standard InChI is InChI=1S/C12H11N3O/c1-8-10(9-2-5-14-6-3-9)4-7-15-11(8)12(13)16/h2-7H,1H3,(H2,13,16). The van der Waals surface area contributed by atoms with Crippen LogP contribution in [0, 0.1) is 6.92 Å². The van der Waals surface area contributed by atoms with E-state index in [0.29, 0.717) is 5.69 Å². The molecular formula is C12H11N3O. The smallest absolute Gasteiger partial charge is 0.267 e. The summed E-state index contributed by atoms with van der Waals surface area (Å²) in [5.41, 5.74) is 8.30. The number of hydrogen-bond acceptors (Lipinski definition) is 3. The number of aromatic nitrogens is 2. The normalized spacial score (nSPS) is 10.1. The predicted octanol–water partition coefficient (Wildman–Crippen LogP) is 1.55. The fourth-order valence-corrected chi connectivity index (χ4v) is 1.63. The maximum absolute atomic E-state index is 11.2. The minimum Gasteiger partial charge on any atom is -0.364 e. The molecule has 0 atom stereocenters. The van der Waals surface area contributed by atoms with Crippen molar-refractivity contribution < 1.29 is 4.79 Å². The molecule has 0 aromatic carbocycles. The van der Waals surface area contributed by atoms with Crippen LogP contribution < -0.4 is 5.73 Å². The van der Waals surface area contributed by atoms with E-state index in [1.807, 2.05) is 25.1 Å². The molecule has 2 aromatic rings. The number of carbonyl (C=O) groups excluding carboxylic acids is 1. The van der Waals surface area contributed by atoms with Crippen LogP contribution >= 0.6 is 0 Å². The molecule has 80 valence electrons. The number of carbonyl (C=O) groups is 1. The first-order valence-electron chi connectivity index (χ1n) is 4.86. The summed E-state index contributed by atoms with van der Waals surface area (Å²) in [6.07, 6.45) is 5.00. The van der Waals surface area contributed by atoms with E-state index < -0.39 is 5.91 Å². The molecule has 0 fully saturated rings. The highest BCUT2D eigenvalue weighted by molar-refractivity contribution is 5.94. The van der Waals surface area contributed by atoms with E-state index in [1.165, 1.54) is 0 Å². The predicted molar refractivity (Wildman–Crippen MR) is 60.7 cm³/mol. The van der Waals surface area contributed by atoms with Gasteiger partial charge < -0.3 is 5.73 Å². The summed E-state index contributed by atoms with van der Waals surface area (Å²) in [5.74, 6) is -0.506. The molecule has 2 N–H and O–H groups in total. The first kappa shape index (κ1) is 10.3. The highest BCUT2D eigenvalue weighted by Gasteiger charge is 2.10. The van der Waals surface area contributed by atoms with E-state index in [-0.39, 0.29) is 0 Å². The molecule has 2 heterocycles. The quantitative estimate of drug-likeness (QED) is 0.822. The largest absolute Gasteiger partial charge is 0.364 e. The van der Waals surface area contributed by atoms with Gasteiger partial charge >= 0.3 is 0 Å². The fraction of sp³-hybridized carbons (Fsp3) is 0.0833. The third-order valence-electron chi connectivity index (χ3n) is 2.43. The Morgan fingerprint density at radius 3 is 2.50 bits per heavy atom. The van der Waals surface area contributed by atoms with Gasteiger partial charge in [0.15, 0.2) is 0 Å². The van der Waals surface area contributed by atoms with Gasteiger partial charge in [0.25, 0.3) is 5.91 Å². The molecule has 0 unspecified atom stereocenters. The molecule has 0 saturated carbocycles. The van der Waals surface area contributed by atoms with Gasteiger partial charge in [-0.15, -0.1) is 0 Å². The Hall–Kier alpha value is -2.23. The molecule has 0 aliphatic carbocycles. The molecule has 0 spiro atoms. The Kier molecular flexibility index (Phi) is 2.64. The topological polar surface area (TPSA) is 68.9 Å². The van der Waals surface area contributed by atoms with Crippen LogP contribution in [0.2, 0.25) is 0 Å². The maximum atomic E-state index is 11.2. The van der Waals surface area contributed by atoms with Crippen LogP contribution in [-0.2, 0) is 0 Å². The second-order valence-corrected chi connectivity index (χ2v) is 3.43. The van der Waals surface area contributed by atoms with Crippen LogP contribution in [0.15, 0.2) is 36.8 Å². The molecule has 2 rings (SSSR count). The third kappa shape index (κ3) is 1.77. The summed E-state index contributed by atoms with van der Waals surface area (Å²) in [5, 5.41) is 0. The van der Waals surface area contributed by atoms with Gasteiger partial charge in [-0.05, 0) is 41.8 Å².